The van der Waals surface area contributed by atoms with Gasteiger partial charge in [0.2, 0.25) is 0 Å². The Morgan fingerprint density at radius 2 is 2.00 bits per heavy atom. The predicted octanol–water partition coefficient (Wildman–Crippen LogP) is 3.35. The van der Waals surface area contributed by atoms with Crippen LogP contribution in [0.4, 0.5) is 0 Å². The summed E-state index contributed by atoms with van der Waals surface area (Å²) >= 11 is 0. The predicted molar refractivity (Wildman–Crippen MR) is 48.1 cm³/mol. The maximum Gasteiger partial charge on any atom is 0.00832 e. The fraction of sp³-hybridized carbons (Fsp3) is 0.727. The lowest BCUT2D eigenvalue weighted by Gasteiger charge is -2.09. The van der Waals surface area contributed by atoms with Gasteiger partial charge in [-0.25, -0.2) is 0 Å². The second-order valence-electron chi connectivity index (χ2n) is 4.14. The summed E-state index contributed by atoms with van der Waals surface area (Å²) in [5, 5.41) is 0. The molecule has 1 saturated carbocycles. The standard InChI is InChI=1S/C11H17/c1-9-3-2-4-10(6-5-9)11-7-8-11/h7-10H,2-6H2,1H3. The Kier molecular flexibility index (Phi) is 2.02. The Labute approximate surface area is 69.7 Å². The van der Waals surface area contributed by atoms with Crippen LogP contribution in [-0.4, -0.2) is 0 Å². The van der Waals surface area contributed by atoms with Crippen LogP contribution in [0.2, 0.25) is 0 Å². The highest BCUT2D eigenvalue weighted by molar-refractivity contribution is 5.40. The molecule has 1 radical (unpaired) electrons. The lowest BCUT2D eigenvalue weighted by Crippen LogP contribution is -1.96. The maximum absolute atomic E-state index is 2.40. The van der Waals surface area contributed by atoms with Crippen molar-refractivity contribution in [1.82, 2.24) is 0 Å². The second-order valence-corrected chi connectivity index (χ2v) is 4.14. The van der Waals surface area contributed by atoms with Gasteiger partial charge < -0.3 is 0 Å². The Morgan fingerprint density at radius 3 is 2.73 bits per heavy atom. The molecule has 2 atom stereocenters. The van der Waals surface area contributed by atoms with E-state index >= 15 is 0 Å². The zero-order valence-corrected chi connectivity index (χ0v) is 7.34. The van der Waals surface area contributed by atoms with Gasteiger partial charge in [-0.15, -0.1) is 0 Å². The van der Waals surface area contributed by atoms with E-state index in [0.29, 0.717) is 0 Å². The molecule has 0 aromatic carbocycles. The minimum Gasteiger partial charge on any atom is -0.0763 e. The third-order valence-corrected chi connectivity index (χ3v) is 3.09. The second kappa shape index (κ2) is 3.00. The average molecular weight is 149 g/mol. The Balaban J connectivity index is 1.87. The van der Waals surface area contributed by atoms with E-state index in [-0.39, 0.29) is 0 Å². The van der Waals surface area contributed by atoms with Crippen LogP contribution in [0.5, 0.6) is 0 Å². The molecule has 0 nitrogen and oxygen atoms in total. The van der Waals surface area contributed by atoms with Crippen LogP contribution in [0.15, 0.2) is 11.6 Å². The summed E-state index contributed by atoms with van der Waals surface area (Å²) in [6.07, 6.45) is 11.9. The topological polar surface area (TPSA) is 0 Å². The van der Waals surface area contributed by atoms with E-state index in [2.05, 4.69) is 19.4 Å². The van der Waals surface area contributed by atoms with Crippen LogP contribution in [0.25, 0.3) is 0 Å². The van der Waals surface area contributed by atoms with Gasteiger partial charge in [-0.1, -0.05) is 37.8 Å². The SMILES string of the molecule is CC1CCCC(C2=C[CH]2)CC1. The van der Waals surface area contributed by atoms with E-state index in [1.807, 2.05) is 0 Å². The van der Waals surface area contributed by atoms with Crippen molar-refractivity contribution < 1.29 is 0 Å². The van der Waals surface area contributed by atoms with Gasteiger partial charge in [-0.05, 0) is 24.7 Å². The first-order valence-electron chi connectivity index (χ1n) is 4.91. The molecule has 0 saturated heterocycles. The molecule has 0 aromatic rings. The minimum absolute atomic E-state index is 0.944. The molecule has 1 fully saturated rings. The largest absolute Gasteiger partial charge is 0.0763 e. The quantitative estimate of drug-likeness (QED) is 0.501. The van der Waals surface area contributed by atoms with Crippen molar-refractivity contribution in [2.75, 3.05) is 0 Å². The molecular formula is C11H17. The third-order valence-electron chi connectivity index (χ3n) is 3.09. The van der Waals surface area contributed by atoms with Crippen LogP contribution < -0.4 is 0 Å². The number of hydrogen-bond acceptors (Lipinski definition) is 0. The highest BCUT2D eigenvalue weighted by Gasteiger charge is 2.23. The summed E-state index contributed by atoms with van der Waals surface area (Å²) in [5.74, 6) is 1.93. The molecule has 0 N–H and O–H groups in total. The van der Waals surface area contributed by atoms with E-state index in [4.69, 9.17) is 0 Å². The van der Waals surface area contributed by atoms with Crippen molar-refractivity contribution in [2.24, 2.45) is 11.8 Å². The molecule has 0 heteroatoms. The first-order valence-corrected chi connectivity index (χ1v) is 4.91. The molecule has 11 heavy (non-hydrogen) atoms. The molecule has 0 aromatic heterocycles. The molecular weight excluding hydrogens is 132 g/mol. The van der Waals surface area contributed by atoms with Crippen molar-refractivity contribution in [3.05, 3.63) is 18.1 Å². The van der Waals surface area contributed by atoms with Crippen LogP contribution in [-0.2, 0) is 0 Å². The molecule has 0 spiro atoms. The normalized spacial score (nSPS) is 37.7. The summed E-state index contributed by atoms with van der Waals surface area (Å²) in [6, 6.07) is 0. The lowest BCUT2D eigenvalue weighted by molar-refractivity contribution is 0.492. The molecule has 0 heterocycles. The molecule has 0 amide bonds. The smallest absolute Gasteiger partial charge is 0.00832 e. The van der Waals surface area contributed by atoms with Crippen LogP contribution in [0.1, 0.15) is 39.0 Å². The maximum atomic E-state index is 2.40. The van der Waals surface area contributed by atoms with E-state index in [9.17, 15) is 0 Å². The molecule has 2 unspecified atom stereocenters. The summed E-state index contributed by atoms with van der Waals surface area (Å²) in [7, 11) is 0. The minimum atomic E-state index is 0.944. The van der Waals surface area contributed by atoms with E-state index < -0.39 is 0 Å². The Hall–Kier alpha value is -0.260. The van der Waals surface area contributed by atoms with E-state index in [1.165, 1.54) is 32.1 Å². The molecule has 2 aliphatic rings. The van der Waals surface area contributed by atoms with Crippen molar-refractivity contribution in [2.45, 2.75) is 39.0 Å². The fourth-order valence-electron chi connectivity index (χ4n) is 2.14. The zero-order chi connectivity index (χ0) is 7.68. The molecule has 0 bridgehead atoms. The monoisotopic (exact) mass is 149 g/mol. The highest BCUT2D eigenvalue weighted by atomic mass is 14.3. The first-order chi connectivity index (χ1) is 5.36. The highest BCUT2D eigenvalue weighted by Crippen LogP contribution is 2.37. The summed E-state index contributed by atoms with van der Waals surface area (Å²) in [4.78, 5) is 0. The van der Waals surface area contributed by atoms with E-state index in [0.717, 1.165) is 11.8 Å². The van der Waals surface area contributed by atoms with Gasteiger partial charge in [0.05, 0.1) is 0 Å². The lowest BCUT2D eigenvalue weighted by atomic mass is 9.96. The van der Waals surface area contributed by atoms with Gasteiger partial charge in [0, 0.05) is 6.42 Å². The first kappa shape index (κ1) is 7.39. The van der Waals surface area contributed by atoms with Gasteiger partial charge in [-0.3, -0.25) is 0 Å². The van der Waals surface area contributed by atoms with Gasteiger partial charge in [0.1, 0.15) is 0 Å². The van der Waals surface area contributed by atoms with Crippen LogP contribution in [0, 0.1) is 18.3 Å². The summed E-state index contributed by atoms with van der Waals surface area (Å²) < 4.78 is 0. The van der Waals surface area contributed by atoms with Crippen molar-refractivity contribution in [1.29, 1.82) is 0 Å². The zero-order valence-electron chi connectivity index (χ0n) is 7.34. The van der Waals surface area contributed by atoms with Crippen LogP contribution >= 0.6 is 0 Å². The van der Waals surface area contributed by atoms with Gasteiger partial charge in [-0.2, -0.15) is 0 Å². The number of hydrogen-bond donors (Lipinski definition) is 0. The fourth-order valence-corrected chi connectivity index (χ4v) is 2.14. The van der Waals surface area contributed by atoms with Crippen molar-refractivity contribution in [3.63, 3.8) is 0 Å². The van der Waals surface area contributed by atoms with Gasteiger partial charge >= 0.3 is 0 Å². The molecule has 61 valence electrons. The number of allylic oxidation sites excluding steroid dienone is 2. The Morgan fingerprint density at radius 1 is 1.18 bits per heavy atom. The van der Waals surface area contributed by atoms with Gasteiger partial charge in [0.25, 0.3) is 0 Å². The van der Waals surface area contributed by atoms with E-state index in [1.54, 1.807) is 5.57 Å². The summed E-state index contributed by atoms with van der Waals surface area (Å²) in [6.45, 7) is 2.40. The third kappa shape index (κ3) is 1.85. The molecule has 2 rings (SSSR count). The van der Waals surface area contributed by atoms with Gasteiger partial charge in [0.15, 0.2) is 0 Å². The molecule has 0 aliphatic heterocycles. The van der Waals surface area contributed by atoms with Crippen molar-refractivity contribution in [3.8, 4) is 0 Å². The number of rotatable bonds is 1. The van der Waals surface area contributed by atoms with Crippen molar-refractivity contribution >= 4 is 0 Å². The summed E-state index contributed by atoms with van der Waals surface area (Å²) in [5.41, 5.74) is 1.65. The average Bonchev–Trinajstić information content (AvgIpc) is 2.73. The Bertz CT molecular complexity index is 167. The van der Waals surface area contributed by atoms with Crippen LogP contribution in [0.3, 0.4) is 0 Å². The molecule has 2 aliphatic carbocycles.